The predicted octanol–water partition coefficient (Wildman–Crippen LogP) is 5.56. The van der Waals surface area contributed by atoms with Crippen molar-refractivity contribution in [2.45, 2.75) is 43.7 Å². The standard InChI is InChI=1S/C30H31F4N7O2S/c1-40(2)20-7-8-41(13-20)21-10-16(9-17(11-21)30(32,33)34)28(42)38-19-5-6-23(31)24(12-19)39-29(43)22-14-44-26-25(22)35-15-36-27(26)37-18-3-4-18/h5-6,9-12,14-15,18,20,27,37H,3-4,7-8,13H2,1-2H3,(H,35,36)(H,38,42)(H,39,43)/t20-,27?/m0/s1. The van der Waals surface area contributed by atoms with Gasteiger partial charge in [-0.1, -0.05) is 0 Å². The lowest BCUT2D eigenvalue weighted by molar-refractivity contribution is -0.137. The van der Waals surface area contributed by atoms with Gasteiger partial charge in [0.2, 0.25) is 0 Å². The van der Waals surface area contributed by atoms with Crippen molar-refractivity contribution in [1.82, 2.24) is 15.5 Å². The largest absolute Gasteiger partial charge is 0.416 e. The van der Waals surface area contributed by atoms with Crippen LogP contribution < -0.4 is 26.2 Å². The molecule has 2 fully saturated rings. The molecule has 3 aromatic rings. The molecule has 2 aromatic carbocycles. The van der Waals surface area contributed by atoms with Crippen LogP contribution in [0, 0.1) is 5.82 Å². The van der Waals surface area contributed by atoms with Crippen LogP contribution in [0.5, 0.6) is 0 Å². The van der Waals surface area contributed by atoms with Crippen molar-refractivity contribution in [1.29, 1.82) is 0 Å². The van der Waals surface area contributed by atoms with E-state index < -0.39 is 29.4 Å². The highest BCUT2D eigenvalue weighted by molar-refractivity contribution is 7.11. The van der Waals surface area contributed by atoms with Gasteiger partial charge in [-0.05, 0) is 69.8 Å². The average molecular weight is 630 g/mol. The first kappa shape index (κ1) is 30.0. The Morgan fingerprint density at radius 2 is 1.86 bits per heavy atom. The quantitative estimate of drug-likeness (QED) is 0.244. The number of fused-ring (bicyclic) bond motifs is 1. The molecule has 1 unspecified atom stereocenters. The fourth-order valence-electron chi connectivity index (χ4n) is 5.31. The molecule has 2 aliphatic heterocycles. The predicted molar refractivity (Wildman–Crippen MR) is 163 cm³/mol. The molecule has 9 nitrogen and oxygen atoms in total. The number of rotatable bonds is 8. The smallest absolute Gasteiger partial charge is 0.370 e. The topological polar surface area (TPSA) is 101 Å². The van der Waals surface area contributed by atoms with E-state index in [1.54, 1.807) is 5.38 Å². The van der Waals surface area contributed by atoms with Crippen molar-refractivity contribution in [2.75, 3.05) is 42.7 Å². The van der Waals surface area contributed by atoms with Crippen LogP contribution in [0.25, 0.3) is 0 Å². The molecule has 1 aromatic heterocycles. The minimum Gasteiger partial charge on any atom is -0.370 e. The van der Waals surface area contributed by atoms with Crippen LogP contribution in [0.2, 0.25) is 0 Å². The molecule has 2 amide bonds. The first-order valence-corrected chi connectivity index (χ1v) is 15.1. The van der Waals surface area contributed by atoms with Crippen LogP contribution >= 0.6 is 11.3 Å². The van der Waals surface area contributed by atoms with Gasteiger partial charge in [-0.25, -0.2) is 9.38 Å². The third-order valence-corrected chi connectivity index (χ3v) is 8.99. The van der Waals surface area contributed by atoms with Gasteiger partial charge in [-0.3, -0.25) is 14.9 Å². The normalized spacial score (nSPS) is 19.6. The maximum Gasteiger partial charge on any atom is 0.416 e. The summed E-state index contributed by atoms with van der Waals surface area (Å²) in [7, 11) is 3.84. The Morgan fingerprint density at radius 3 is 2.57 bits per heavy atom. The molecular weight excluding hydrogens is 598 g/mol. The van der Waals surface area contributed by atoms with E-state index in [2.05, 4.69) is 26.3 Å². The fourth-order valence-corrected chi connectivity index (χ4v) is 6.32. The molecule has 0 radical (unpaired) electrons. The minimum atomic E-state index is -4.66. The molecule has 0 bridgehead atoms. The Balaban J connectivity index is 1.20. The zero-order valence-corrected chi connectivity index (χ0v) is 24.8. The van der Waals surface area contributed by atoms with Crippen molar-refractivity contribution in [3.05, 3.63) is 69.2 Å². The van der Waals surface area contributed by atoms with E-state index >= 15 is 0 Å². The van der Waals surface area contributed by atoms with Crippen LogP contribution in [0.3, 0.4) is 0 Å². The summed E-state index contributed by atoms with van der Waals surface area (Å²) >= 11 is 1.36. The first-order valence-electron chi connectivity index (χ1n) is 14.2. The van der Waals surface area contributed by atoms with Gasteiger partial charge in [-0.15, -0.1) is 11.3 Å². The van der Waals surface area contributed by atoms with Crippen LogP contribution in [-0.2, 0) is 6.18 Å². The number of amides is 2. The summed E-state index contributed by atoms with van der Waals surface area (Å²) in [5.74, 6) is -2.13. The minimum absolute atomic E-state index is 0.0998. The number of carbonyl (C=O) groups excluding carboxylic acids is 2. The van der Waals surface area contributed by atoms with Gasteiger partial charge < -0.3 is 25.8 Å². The van der Waals surface area contributed by atoms with Crippen molar-refractivity contribution in [3.63, 3.8) is 0 Å². The molecule has 2 atom stereocenters. The zero-order chi connectivity index (χ0) is 31.2. The molecule has 232 valence electrons. The number of carbonyl (C=O) groups is 2. The molecule has 4 N–H and O–H groups in total. The molecule has 1 saturated heterocycles. The lowest BCUT2D eigenvalue weighted by atomic mass is 10.1. The number of halogens is 4. The number of alkyl halides is 3. The lowest BCUT2D eigenvalue weighted by Gasteiger charge is -2.23. The molecular formula is C30H31F4N7O2S. The fraction of sp³-hybridized carbons (Fsp3) is 0.367. The summed E-state index contributed by atoms with van der Waals surface area (Å²) in [6.45, 7) is 1.09. The van der Waals surface area contributed by atoms with E-state index in [4.69, 9.17) is 0 Å². The van der Waals surface area contributed by atoms with E-state index in [-0.39, 0.29) is 34.7 Å². The van der Waals surface area contributed by atoms with E-state index in [1.807, 2.05) is 23.9 Å². The lowest BCUT2D eigenvalue weighted by Crippen LogP contribution is -2.35. The van der Waals surface area contributed by atoms with E-state index in [0.717, 1.165) is 42.3 Å². The summed E-state index contributed by atoms with van der Waals surface area (Å²) in [6.07, 6.45) is -0.363. The van der Waals surface area contributed by atoms with Gasteiger partial charge in [0.25, 0.3) is 11.8 Å². The highest BCUT2D eigenvalue weighted by Crippen LogP contribution is 2.39. The molecule has 1 aliphatic carbocycles. The second-order valence-electron chi connectivity index (χ2n) is 11.4. The maximum absolute atomic E-state index is 14.8. The summed E-state index contributed by atoms with van der Waals surface area (Å²) in [4.78, 5) is 35.4. The summed E-state index contributed by atoms with van der Waals surface area (Å²) in [5, 5.41) is 13.3. The second kappa shape index (κ2) is 11.8. The van der Waals surface area contributed by atoms with Crippen molar-refractivity contribution in [2.24, 2.45) is 4.99 Å². The van der Waals surface area contributed by atoms with Gasteiger partial charge in [0.15, 0.2) is 0 Å². The molecule has 3 aliphatic rings. The van der Waals surface area contributed by atoms with Crippen LogP contribution in [0.4, 0.5) is 40.3 Å². The van der Waals surface area contributed by atoms with Gasteiger partial charge in [0, 0.05) is 47.5 Å². The number of likely N-dealkylation sites (N-methyl/N-ethyl adjacent to an activating group) is 1. The van der Waals surface area contributed by atoms with E-state index in [1.165, 1.54) is 35.9 Å². The van der Waals surface area contributed by atoms with Crippen LogP contribution in [0.1, 0.15) is 56.6 Å². The Morgan fingerprint density at radius 1 is 1.07 bits per heavy atom. The number of nitrogens with one attached hydrogen (secondary N) is 4. The van der Waals surface area contributed by atoms with Crippen LogP contribution in [-0.4, -0.2) is 62.3 Å². The zero-order valence-electron chi connectivity index (χ0n) is 24.0. The van der Waals surface area contributed by atoms with Crippen LogP contribution in [0.15, 0.2) is 46.8 Å². The highest BCUT2D eigenvalue weighted by Gasteiger charge is 2.34. The Kier molecular flexibility index (Phi) is 8.07. The number of anilines is 3. The molecule has 0 spiro atoms. The van der Waals surface area contributed by atoms with Gasteiger partial charge in [0.1, 0.15) is 12.0 Å². The monoisotopic (exact) mass is 629 g/mol. The van der Waals surface area contributed by atoms with Gasteiger partial charge >= 0.3 is 6.18 Å². The summed E-state index contributed by atoms with van der Waals surface area (Å²) < 4.78 is 56.2. The molecule has 3 heterocycles. The SMILES string of the molecule is CN(C)[C@H]1CCN(c2cc(C(=O)Nc3ccc(F)c(NC(=O)c4csc5c4N=CNC5NC4CC4)c3)cc(C(F)(F)F)c2)C1. The Bertz CT molecular complexity index is 1620. The summed E-state index contributed by atoms with van der Waals surface area (Å²) in [5.41, 5.74) is -0.167. The first-order chi connectivity index (χ1) is 21.0. The van der Waals surface area contributed by atoms with Gasteiger partial charge in [0.05, 0.1) is 33.7 Å². The van der Waals surface area contributed by atoms with Crippen molar-refractivity contribution >= 4 is 52.2 Å². The third-order valence-electron chi connectivity index (χ3n) is 7.95. The number of hydrogen-bond donors (Lipinski definition) is 4. The molecule has 1 saturated carbocycles. The number of benzene rings is 2. The average Bonchev–Trinajstić information content (AvgIpc) is 3.46. The van der Waals surface area contributed by atoms with Crippen molar-refractivity contribution in [3.8, 4) is 0 Å². The number of thiophene rings is 1. The number of aliphatic imine (C=N–C) groups is 1. The number of hydrogen-bond acceptors (Lipinski definition) is 8. The molecule has 6 rings (SSSR count). The van der Waals surface area contributed by atoms with E-state index in [9.17, 15) is 27.2 Å². The third kappa shape index (κ3) is 6.42. The maximum atomic E-state index is 14.8. The summed E-state index contributed by atoms with van der Waals surface area (Å²) in [6, 6.07) is 7.43. The molecule has 44 heavy (non-hydrogen) atoms. The second-order valence-corrected chi connectivity index (χ2v) is 12.3. The number of nitrogens with zero attached hydrogens (tertiary/aromatic N) is 3. The van der Waals surface area contributed by atoms with Gasteiger partial charge in [-0.2, -0.15) is 13.2 Å². The molecule has 14 heteroatoms. The Hall–Kier alpha value is -4.01. The highest BCUT2D eigenvalue weighted by atomic mass is 32.1. The van der Waals surface area contributed by atoms with E-state index in [0.29, 0.717) is 30.5 Å². The Labute approximate surface area is 255 Å². The van der Waals surface area contributed by atoms with Crippen molar-refractivity contribution < 1.29 is 27.2 Å².